The highest BCUT2D eigenvalue weighted by Crippen LogP contribution is 2.72. The highest BCUT2D eigenvalue weighted by atomic mass is 15.2. The van der Waals surface area contributed by atoms with Crippen LogP contribution in [-0.4, -0.2) is 13.7 Å². The van der Waals surface area contributed by atoms with Crippen molar-refractivity contribution >= 4 is 99.5 Å². The Bertz CT molecular complexity index is 8030. The molecule has 0 saturated heterocycles. The first-order valence-corrected chi connectivity index (χ1v) is 48.7. The summed E-state index contributed by atoms with van der Waals surface area (Å²) in [5.74, 6) is 6.84. The Morgan fingerprint density at radius 3 is 0.880 bits per heavy atom. The third kappa shape index (κ3) is 11.8. The lowest BCUT2D eigenvalue weighted by Gasteiger charge is -2.61. The van der Waals surface area contributed by atoms with Crippen molar-refractivity contribution in [2.24, 2.45) is 47.3 Å². The molecule has 5 nitrogen and oxygen atoms in total. The van der Waals surface area contributed by atoms with Crippen molar-refractivity contribution in [3.8, 4) is 83.8 Å². The van der Waals surface area contributed by atoms with E-state index in [9.17, 15) is 0 Å². The van der Waals surface area contributed by atoms with Crippen molar-refractivity contribution in [3.05, 3.63) is 453 Å². The van der Waals surface area contributed by atoms with Crippen LogP contribution in [0.5, 0.6) is 0 Å². The molecule has 3 heterocycles. The minimum atomic E-state index is 0.186. The van der Waals surface area contributed by atoms with Crippen LogP contribution in [0.1, 0.15) is 86.5 Å². The molecule has 18 aromatic carbocycles. The van der Waals surface area contributed by atoms with Gasteiger partial charge in [-0.3, -0.25) is 0 Å². The lowest BCUT2D eigenvalue weighted by Crippen LogP contribution is -2.55. The quantitative estimate of drug-likeness (QED) is 0.115. The van der Waals surface area contributed by atoms with Gasteiger partial charge in [-0.1, -0.05) is 279 Å². The van der Waals surface area contributed by atoms with Crippen LogP contribution in [0, 0.1) is 47.3 Å². The van der Waals surface area contributed by atoms with E-state index in [2.05, 4.69) is 454 Å². The fourth-order valence-corrected chi connectivity index (χ4v) is 28.4. The number of rotatable bonds is 13. The fraction of sp³-hybridized carbons (Fsp3) is 0.156. The van der Waals surface area contributed by atoms with Crippen molar-refractivity contribution in [2.75, 3.05) is 9.80 Å². The molecule has 8 saturated carbocycles. The first-order valence-electron chi connectivity index (χ1n) is 48.7. The molecule has 5 heteroatoms. The summed E-state index contributed by atoms with van der Waals surface area (Å²) in [6, 6.07) is 161. The summed E-state index contributed by atoms with van der Waals surface area (Å²) in [6.45, 7) is 0. The number of benzene rings is 18. The van der Waals surface area contributed by atoms with Gasteiger partial charge in [0.15, 0.2) is 0 Å². The van der Waals surface area contributed by atoms with E-state index in [1.54, 1.807) is 22.3 Å². The van der Waals surface area contributed by atoms with Gasteiger partial charge in [0.05, 0.1) is 38.8 Å². The summed E-state index contributed by atoms with van der Waals surface area (Å²) in [5.41, 5.74) is 39.9. The molecule has 10 aliphatic carbocycles. The summed E-state index contributed by atoms with van der Waals surface area (Å²) >= 11 is 0. The third-order valence-corrected chi connectivity index (χ3v) is 33.3. The van der Waals surface area contributed by atoms with Gasteiger partial charge in [-0.05, 0) is 347 Å². The third-order valence-electron chi connectivity index (χ3n) is 33.3. The van der Waals surface area contributed by atoms with Crippen LogP contribution in [0.3, 0.4) is 0 Å². The summed E-state index contributed by atoms with van der Waals surface area (Å²) in [4.78, 5) is 4.88. The maximum absolute atomic E-state index is 2.55. The van der Waals surface area contributed by atoms with E-state index in [-0.39, 0.29) is 10.8 Å². The first kappa shape index (κ1) is 76.8. The average Bonchev–Trinajstić information content (AvgIpc) is 1.52. The van der Waals surface area contributed by atoms with Crippen molar-refractivity contribution in [1.82, 2.24) is 13.7 Å². The Balaban J connectivity index is 0.000000133. The van der Waals surface area contributed by atoms with Crippen LogP contribution < -0.4 is 9.80 Å². The van der Waals surface area contributed by atoms with Crippen LogP contribution in [0.25, 0.3) is 149 Å². The van der Waals surface area contributed by atoms with Crippen molar-refractivity contribution < 1.29 is 0 Å². The zero-order valence-corrected chi connectivity index (χ0v) is 74.4. The largest absolute Gasteiger partial charge is 0.310 e. The lowest BCUT2D eigenvalue weighted by atomic mass is 9.43. The number of hydrogen-bond donors (Lipinski definition) is 0. The normalized spacial score (nSPS) is 21.1. The predicted octanol–water partition coefficient (Wildman–Crippen LogP) is 33.7. The van der Waals surface area contributed by atoms with E-state index in [1.165, 1.54) is 196 Å². The maximum atomic E-state index is 2.55. The Hall–Kier alpha value is -15.0. The van der Waals surface area contributed by atoms with Gasteiger partial charge in [-0.25, -0.2) is 0 Å². The molecule has 0 atom stereocenters. The SMILES string of the molecule is c1ccc(-c2ccc(N(c3ccc(-c4ccc5c(c4)-c4ccccc4C54C5CC6CC(C5)CC4C6)cc3)c3ccc(-n4c5ccccc5c5ccccc54)cc3)c(-c3ccccc3)c2)cc1.c1ccc(-n2c3ccccc3c3ccc(N(c4ccc(-c5ccc6c(c5)-c5ccccc5C65C6CC7CC(C6)CC5C7)cc4)c4ccc(-n5c6ccccc6c6ccccc65)cc4)cc32)cc1. The summed E-state index contributed by atoms with van der Waals surface area (Å²) in [7, 11) is 0. The molecule has 0 radical (unpaired) electrons. The molecular weight excluding hydrogens is 1610 g/mol. The van der Waals surface area contributed by atoms with Crippen molar-refractivity contribution in [1.29, 1.82) is 0 Å². The van der Waals surface area contributed by atoms with Gasteiger partial charge in [-0.2, -0.15) is 0 Å². The predicted molar refractivity (Wildman–Crippen MR) is 554 cm³/mol. The highest BCUT2D eigenvalue weighted by Gasteiger charge is 2.63. The number of hydrogen-bond acceptors (Lipinski definition) is 2. The molecule has 636 valence electrons. The lowest BCUT2D eigenvalue weighted by molar-refractivity contribution is -0.0399. The van der Waals surface area contributed by atoms with E-state index in [0.717, 1.165) is 98.5 Å². The van der Waals surface area contributed by atoms with Crippen LogP contribution in [0.4, 0.5) is 34.1 Å². The zero-order chi connectivity index (χ0) is 87.1. The van der Waals surface area contributed by atoms with Crippen LogP contribution in [0.15, 0.2) is 431 Å². The molecule has 21 aromatic rings. The Morgan fingerprint density at radius 2 is 0.466 bits per heavy atom. The standard InChI is InChI=1S/C64H49N3.C64H50N2/c1-2-12-47(13-3-1)67-62-21-11-7-17-55(62)56-32-31-51(40-63(56)67)65(49-27-29-50(30-28-49)66-60-19-9-5-15-53(60)54-16-6-10-20-61(54)66)48-25-22-43(23-26-48)44-24-33-59-57(39-44)52-14-4-8-18-58(52)64(59)45-35-41-34-42(37-45)38-46(64)36-41;1-3-13-44(14-4-1)48-26-34-63(57(40-48)46-15-5-2-6-16-46)65(52-29-31-53(32-30-52)66-61-21-11-8-18-55(61)56-19-9-12-22-62(56)66)51-27-23-45(24-28-51)47-25-33-60-58(41-47)54-17-7-10-20-59(54)64(60)49-36-42-35-43(38-49)39-50(64)37-42/h1-33,39-42,45-46H,34-38H2;1-34,40-43,49-50H,35-39H2. The average molecular weight is 1710 g/mol. The molecule has 0 unspecified atom stereocenters. The fourth-order valence-electron chi connectivity index (χ4n) is 28.4. The first-order chi connectivity index (χ1) is 65.9. The Morgan fingerprint density at radius 1 is 0.180 bits per heavy atom. The van der Waals surface area contributed by atoms with Gasteiger partial charge in [0.2, 0.25) is 0 Å². The molecule has 133 heavy (non-hydrogen) atoms. The minimum Gasteiger partial charge on any atom is -0.310 e. The minimum absolute atomic E-state index is 0.186. The number of nitrogens with zero attached hydrogens (tertiary/aromatic N) is 5. The topological polar surface area (TPSA) is 21.3 Å². The summed E-state index contributed by atoms with van der Waals surface area (Å²) in [6.07, 6.45) is 14.2. The maximum Gasteiger partial charge on any atom is 0.0561 e. The molecule has 0 aliphatic heterocycles. The molecule has 10 aliphatic rings. The molecule has 3 aromatic heterocycles. The van der Waals surface area contributed by atoms with Crippen LogP contribution >= 0.6 is 0 Å². The van der Waals surface area contributed by atoms with E-state index < -0.39 is 0 Å². The van der Waals surface area contributed by atoms with E-state index >= 15 is 0 Å². The smallest absolute Gasteiger partial charge is 0.0561 e. The van der Waals surface area contributed by atoms with Gasteiger partial charge in [-0.15, -0.1) is 0 Å². The highest BCUT2D eigenvalue weighted by molar-refractivity contribution is 6.12. The van der Waals surface area contributed by atoms with E-state index in [4.69, 9.17) is 0 Å². The van der Waals surface area contributed by atoms with Gasteiger partial charge in [0.1, 0.15) is 0 Å². The van der Waals surface area contributed by atoms with E-state index in [0.29, 0.717) is 0 Å². The number of aromatic nitrogens is 3. The van der Waals surface area contributed by atoms with Gasteiger partial charge >= 0.3 is 0 Å². The second-order valence-corrected chi connectivity index (χ2v) is 39.8. The molecule has 31 rings (SSSR count). The monoisotopic (exact) mass is 1710 g/mol. The molecule has 8 bridgehead atoms. The van der Waals surface area contributed by atoms with E-state index in [1.807, 2.05) is 0 Å². The number of fused-ring (bicyclic) bond motifs is 15. The van der Waals surface area contributed by atoms with Crippen LogP contribution in [0.2, 0.25) is 0 Å². The summed E-state index contributed by atoms with van der Waals surface area (Å²) < 4.78 is 7.22. The Labute approximate surface area is 776 Å². The van der Waals surface area contributed by atoms with Gasteiger partial charge in [0, 0.05) is 94.2 Å². The zero-order valence-electron chi connectivity index (χ0n) is 74.4. The Kier molecular flexibility index (Phi) is 17.5. The molecule has 8 fully saturated rings. The molecule has 0 amide bonds. The van der Waals surface area contributed by atoms with Gasteiger partial charge < -0.3 is 23.5 Å². The second-order valence-electron chi connectivity index (χ2n) is 39.8. The second kappa shape index (κ2) is 30.3. The van der Waals surface area contributed by atoms with Crippen molar-refractivity contribution in [2.45, 2.75) is 75.0 Å². The van der Waals surface area contributed by atoms with Crippen molar-refractivity contribution in [3.63, 3.8) is 0 Å². The molecule has 2 spiro atoms. The molecule has 0 N–H and O–H groups in total. The number of anilines is 6. The van der Waals surface area contributed by atoms with Gasteiger partial charge in [0.25, 0.3) is 0 Å². The van der Waals surface area contributed by atoms with Crippen LogP contribution in [-0.2, 0) is 10.8 Å². The molecular formula is C128H99N5. The summed E-state index contributed by atoms with van der Waals surface area (Å²) in [5, 5.41) is 7.57. The number of para-hydroxylation sites is 6.